The standard InChI is InChI=1S/C24H55N3O3Si/c1-10-25(11-2)20-16-24(17-21-26(12-3)13-4,18-22-27(14-5)15-6)19-23-31(28-7,29-8)30-9/h10-23H2,1-9H3. The molecule has 0 rings (SSSR count). The molecule has 31 heavy (non-hydrogen) atoms. The molecule has 7 heteroatoms. The van der Waals surface area contributed by atoms with E-state index < -0.39 is 8.80 Å². The summed E-state index contributed by atoms with van der Waals surface area (Å²) < 4.78 is 17.4. The van der Waals surface area contributed by atoms with Crippen molar-refractivity contribution in [3.8, 4) is 0 Å². The van der Waals surface area contributed by atoms with Gasteiger partial charge >= 0.3 is 8.80 Å². The first-order valence-corrected chi connectivity index (χ1v) is 14.6. The van der Waals surface area contributed by atoms with Crippen LogP contribution in [0, 0.1) is 5.41 Å². The molecule has 0 aromatic heterocycles. The maximum Gasteiger partial charge on any atom is 0.500 e. The van der Waals surface area contributed by atoms with Gasteiger partial charge in [0, 0.05) is 27.4 Å². The van der Waals surface area contributed by atoms with Crippen molar-refractivity contribution in [1.29, 1.82) is 0 Å². The highest BCUT2D eigenvalue weighted by atomic mass is 28.4. The largest absolute Gasteiger partial charge is 0.500 e. The van der Waals surface area contributed by atoms with Crippen LogP contribution in [0.3, 0.4) is 0 Å². The smallest absolute Gasteiger partial charge is 0.377 e. The summed E-state index contributed by atoms with van der Waals surface area (Å²) in [5, 5.41) is 0. The highest BCUT2D eigenvalue weighted by Gasteiger charge is 2.41. The van der Waals surface area contributed by atoms with Gasteiger partial charge in [0.15, 0.2) is 0 Å². The molecule has 0 aromatic carbocycles. The van der Waals surface area contributed by atoms with E-state index in [1.165, 1.54) is 19.3 Å². The van der Waals surface area contributed by atoms with Gasteiger partial charge in [-0.2, -0.15) is 0 Å². The molecule has 0 unspecified atom stereocenters. The molecule has 0 aromatic rings. The molecule has 0 radical (unpaired) electrons. The molecular weight excluding hydrogens is 406 g/mol. The predicted molar refractivity (Wildman–Crippen MR) is 136 cm³/mol. The molecule has 6 nitrogen and oxygen atoms in total. The predicted octanol–water partition coefficient (Wildman–Crippen LogP) is 4.44. The molecule has 188 valence electrons. The Morgan fingerprint density at radius 2 is 0.806 bits per heavy atom. The molecule has 0 saturated carbocycles. The fourth-order valence-corrected chi connectivity index (χ4v) is 6.48. The average molecular weight is 462 g/mol. The zero-order chi connectivity index (χ0) is 23.8. The minimum atomic E-state index is -2.59. The summed E-state index contributed by atoms with van der Waals surface area (Å²) in [6, 6.07) is 0.880. The maximum atomic E-state index is 5.80. The van der Waals surface area contributed by atoms with Crippen molar-refractivity contribution in [3.63, 3.8) is 0 Å². The van der Waals surface area contributed by atoms with Crippen LogP contribution in [0.4, 0.5) is 0 Å². The Labute approximate surface area is 196 Å². The van der Waals surface area contributed by atoms with Gasteiger partial charge in [0.2, 0.25) is 0 Å². The third-order valence-electron chi connectivity index (χ3n) is 7.45. The van der Waals surface area contributed by atoms with E-state index >= 15 is 0 Å². The molecular formula is C24H55N3O3Si. The van der Waals surface area contributed by atoms with E-state index in [1.807, 2.05) is 0 Å². The Kier molecular flexibility index (Phi) is 17.4. The van der Waals surface area contributed by atoms with Crippen LogP contribution < -0.4 is 0 Å². The van der Waals surface area contributed by atoms with E-state index in [0.717, 1.165) is 71.4 Å². The number of rotatable bonds is 21. The topological polar surface area (TPSA) is 37.4 Å². The number of nitrogens with zero attached hydrogens (tertiary/aromatic N) is 3. The van der Waals surface area contributed by atoms with Crippen LogP contribution in [0.2, 0.25) is 6.04 Å². The van der Waals surface area contributed by atoms with Crippen molar-refractivity contribution in [2.24, 2.45) is 5.41 Å². The summed E-state index contributed by atoms with van der Waals surface area (Å²) in [7, 11) is 2.63. The van der Waals surface area contributed by atoms with Crippen LogP contribution >= 0.6 is 0 Å². The van der Waals surface area contributed by atoms with Crippen molar-refractivity contribution < 1.29 is 13.3 Å². The van der Waals surface area contributed by atoms with Crippen molar-refractivity contribution in [3.05, 3.63) is 0 Å². The molecule has 0 fully saturated rings. The SMILES string of the molecule is CCN(CC)CCC(CCN(CC)CC)(CCN(CC)CC)CC[Si](OC)(OC)OC. The van der Waals surface area contributed by atoms with E-state index in [1.54, 1.807) is 21.3 Å². The number of hydrogen-bond acceptors (Lipinski definition) is 6. The van der Waals surface area contributed by atoms with Gasteiger partial charge in [-0.25, -0.2) is 0 Å². The van der Waals surface area contributed by atoms with Gasteiger partial charge < -0.3 is 28.0 Å². The molecule has 0 N–H and O–H groups in total. The van der Waals surface area contributed by atoms with Crippen LogP contribution in [-0.4, -0.2) is 104 Å². The summed E-state index contributed by atoms with van der Waals surface area (Å²) in [5.41, 5.74) is 0.265. The monoisotopic (exact) mass is 461 g/mol. The summed E-state index contributed by atoms with van der Waals surface area (Å²) in [6.07, 6.45) is 4.76. The quantitative estimate of drug-likeness (QED) is 0.235. The number of hydrogen-bond donors (Lipinski definition) is 0. The van der Waals surface area contributed by atoms with Crippen molar-refractivity contribution in [2.45, 2.75) is 73.3 Å². The summed E-state index contributed by atoms with van der Waals surface area (Å²) in [5.74, 6) is 0. The second-order valence-electron chi connectivity index (χ2n) is 8.63. The highest BCUT2D eigenvalue weighted by Crippen LogP contribution is 2.39. The van der Waals surface area contributed by atoms with Gasteiger partial charge in [0.25, 0.3) is 0 Å². The van der Waals surface area contributed by atoms with Gasteiger partial charge in [-0.05, 0) is 90.0 Å². The lowest BCUT2D eigenvalue weighted by molar-refractivity contribution is 0.0959. The molecule has 0 atom stereocenters. The first kappa shape index (κ1) is 31.0. The molecule has 0 spiro atoms. The van der Waals surface area contributed by atoms with E-state index in [0.29, 0.717) is 0 Å². The normalized spacial score (nSPS) is 13.2. The van der Waals surface area contributed by atoms with Gasteiger partial charge in [-0.3, -0.25) is 0 Å². The van der Waals surface area contributed by atoms with E-state index in [-0.39, 0.29) is 5.41 Å². The molecule has 0 aliphatic carbocycles. The Bertz CT molecular complexity index is 364. The third kappa shape index (κ3) is 11.1. The Morgan fingerprint density at radius 3 is 1.03 bits per heavy atom. The molecule has 0 bridgehead atoms. The minimum absolute atomic E-state index is 0.265. The Hall–Kier alpha value is -0.0231. The van der Waals surface area contributed by atoms with Gasteiger partial charge in [0.1, 0.15) is 0 Å². The Morgan fingerprint density at radius 1 is 0.516 bits per heavy atom. The summed E-state index contributed by atoms with van der Waals surface area (Å²) >= 11 is 0. The third-order valence-corrected chi connectivity index (χ3v) is 10.2. The summed E-state index contributed by atoms with van der Waals surface area (Å²) in [6.45, 7) is 23.8. The van der Waals surface area contributed by atoms with E-state index in [2.05, 4.69) is 56.2 Å². The molecule has 0 aliphatic heterocycles. The highest BCUT2D eigenvalue weighted by molar-refractivity contribution is 6.60. The van der Waals surface area contributed by atoms with Gasteiger partial charge in [0.05, 0.1) is 0 Å². The first-order valence-electron chi connectivity index (χ1n) is 12.7. The lowest BCUT2D eigenvalue weighted by Gasteiger charge is -2.40. The van der Waals surface area contributed by atoms with Crippen LogP contribution in [0.1, 0.15) is 67.2 Å². The van der Waals surface area contributed by atoms with Gasteiger partial charge in [-0.1, -0.05) is 41.5 Å². The molecule has 0 aliphatic rings. The zero-order valence-electron chi connectivity index (χ0n) is 22.5. The molecule has 0 amide bonds. The van der Waals surface area contributed by atoms with Crippen molar-refractivity contribution >= 4 is 8.80 Å². The minimum Gasteiger partial charge on any atom is -0.377 e. The van der Waals surface area contributed by atoms with Crippen molar-refractivity contribution in [1.82, 2.24) is 14.7 Å². The van der Waals surface area contributed by atoms with Gasteiger partial charge in [-0.15, -0.1) is 0 Å². The maximum absolute atomic E-state index is 5.80. The lowest BCUT2D eigenvalue weighted by atomic mass is 9.75. The average Bonchev–Trinajstić information content (AvgIpc) is 2.82. The van der Waals surface area contributed by atoms with Crippen LogP contribution in [0.15, 0.2) is 0 Å². The summed E-state index contributed by atoms with van der Waals surface area (Å²) in [4.78, 5) is 7.70. The molecule has 0 saturated heterocycles. The van der Waals surface area contributed by atoms with Crippen LogP contribution in [0.25, 0.3) is 0 Å². The fourth-order valence-electron chi connectivity index (χ4n) is 4.53. The van der Waals surface area contributed by atoms with E-state index in [9.17, 15) is 0 Å². The molecule has 0 heterocycles. The van der Waals surface area contributed by atoms with E-state index in [4.69, 9.17) is 13.3 Å². The Balaban J connectivity index is 5.74. The van der Waals surface area contributed by atoms with Crippen LogP contribution in [-0.2, 0) is 13.3 Å². The zero-order valence-corrected chi connectivity index (χ0v) is 23.5. The second kappa shape index (κ2) is 17.5. The van der Waals surface area contributed by atoms with Crippen molar-refractivity contribution in [2.75, 3.05) is 80.2 Å². The second-order valence-corrected chi connectivity index (χ2v) is 11.7. The first-order chi connectivity index (χ1) is 14.9. The van der Waals surface area contributed by atoms with Crippen LogP contribution in [0.5, 0.6) is 0 Å². The lowest BCUT2D eigenvalue weighted by Crippen LogP contribution is -2.45. The fraction of sp³-hybridized carbons (Fsp3) is 1.00.